The Morgan fingerprint density at radius 2 is 1.75 bits per heavy atom. The van der Waals surface area contributed by atoms with Crippen LogP contribution in [0.25, 0.3) is 0 Å². The second kappa shape index (κ2) is 4.83. The number of rotatable bonds is 5. The third-order valence-corrected chi connectivity index (χ3v) is 2.70. The molecule has 1 saturated heterocycles. The zero-order valence-corrected chi connectivity index (χ0v) is 8.42. The van der Waals surface area contributed by atoms with Gasteiger partial charge in [0.2, 0.25) is 0 Å². The van der Waals surface area contributed by atoms with E-state index in [1.54, 1.807) is 0 Å². The van der Waals surface area contributed by atoms with Crippen LogP contribution in [0.4, 0.5) is 0 Å². The molecule has 0 aromatic carbocycles. The Kier molecular flexibility index (Phi) is 4.02. The largest absolute Gasteiger partial charge is 0.325 e. The van der Waals surface area contributed by atoms with Gasteiger partial charge < -0.3 is 5.73 Å². The van der Waals surface area contributed by atoms with Gasteiger partial charge in [0.05, 0.1) is 0 Å². The summed E-state index contributed by atoms with van der Waals surface area (Å²) in [5.74, 6) is 0. The lowest BCUT2D eigenvalue weighted by molar-refractivity contribution is 0.0824. The minimum absolute atomic E-state index is 0.459. The predicted molar refractivity (Wildman–Crippen MR) is 53.2 cm³/mol. The average molecular weight is 170 g/mol. The third-order valence-electron chi connectivity index (χ3n) is 2.70. The van der Waals surface area contributed by atoms with Crippen molar-refractivity contribution in [3.63, 3.8) is 0 Å². The molecule has 1 heterocycles. The fourth-order valence-electron chi connectivity index (χ4n) is 2.02. The van der Waals surface area contributed by atoms with E-state index in [1.807, 2.05) is 0 Å². The van der Waals surface area contributed by atoms with E-state index >= 15 is 0 Å². The molecular weight excluding hydrogens is 148 g/mol. The molecular formula is C10H22N2. The molecule has 1 aliphatic heterocycles. The molecule has 0 amide bonds. The van der Waals surface area contributed by atoms with Crippen LogP contribution in [0.5, 0.6) is 0 Å². The Morgan fingerprint density at radius 1 is 1.25 bits per heavy atom. The van der Waals surface area contributed by atoms with Crippen molar-refractivity contribution in [3.05, 3.63) is 0 Å². The summed E-state index contributed by atoms with van der Waals surface area (Å²) in [5.41, 5.74) is 5.76. The van der Waals surface area contributed by atoms with E-state index in [2.05, 4.69) is 18.7 Å². The van der Waals surface area contributed by atoms with Crippen molar-refractivity contribution in [1.82, 2.24) is 4.90 Å². The number of likely N-dealkylation sites (tertiary alicyclic amines) is 1. The molecule has 12 heavy (non-hydrogen) atoms. The minimum Gasteiger partial charge on any atom is -0.325 e. The molecule has 0 bridgehead atoms. The van der Waals surface area contributed by atoms with Crippen LogP contribution in [0.2, 0.25) is 0 Å². The lowest BCUT2D eigenvalue weighted by Crippen LogP contribution is -2.59. The smallest absolute Gasteiger partial charge is 0.0297 e. The molecule has 0 aromatic heterocycles. The summed E-state index contributed by atoms with van der Waals surface area (Å²) in [6.45, 7) is 6.79. The molecule has 0 unspecified atom stereocenters. The lowest BCUT2D eigenvalue weighted by atomic mass is 9.99. The average Bonchev–Trinajstić information content (AvgIpc) is 1.99. The van der Waals surface area contributed by atoms with Crippen LogP contribution in [-0.4, -0.2) is 30.1 Å². The first kappa shape index (κ1) is 10.0. The van der Waals surface area contributed by atoms with E-state index in [-0.39, 0.29) is 0 Å². The molecule has 2 heteroatoms. The zero-order chi connectivity index (χ0) is 8.97. The van der Waals surface area contributed by atoms with Crippen LogP contribution in [-0.2, 0) is 0 Å². The van der Waals surface area contributed by atoms with Gasteiger partial charge in [0.15, 0.2) is 0 Å². The highest BCUT2D eigenvalue weighted by Gasteiger charge is 2.28. The predicted octanol–water partition coefficient (Wildman–Crippen LogP) is 1.60. The highest BCUT2D eigenvalue weighted by Crippen LogP contribution is 2.18. The first-order chi connectivity index (χ1) is 5.77. The molecule has 0 atom stereocenters. The van der Waals surface area contributed by atoms with Crippen molar-refractivity contribution < 1.29 is 0 Å². The van der Waals surface area contributed by atoms with Crippen LogP contribution in [0.1, 0.15) is 39.5 Å². The molecule has 2 nitrogen and oxygen atoms in total. The van der Waals surface area contributed by atoms with E-state index < -0.39 is 0 Å². The van der Waals surface area contributed by atoms with E-state index in [0.717, 1.165) is 19.1 Å². The van der Waals surface area contributed by atoms with Gasteiger partial charge in [0.1, 0.15) is 0 Å². The molecule has 1 rings (SSSR count). The fraction of sp³-hybridized carbons (Fsp3) is 1.00. The van der Waals surface area contributed by atoms with Gasteiger partial charge in [-0.3, -0.25) is 4.90 Å². The summed E-state index contributed by atoms with van der Waals surface area (Å²) in [4.78, 5) is 2.54. The first-order valence-corrected chi connectivity index (χ1v) is 5.27. The normalized spacial score (nSPS) is 20.0. The highest BCUT2D eigenvalue weighted by atomic mass is 15.2. The van der Waals surface area contributed by atoms with Gasteiger partial charge in [0, 0.05) is 25.2 Å². The van der Waals surface area contributed by atoms with Gasteiger partial charge >= 0.3 is 0 Å². The van der Waals surface area contributed by atoms with Crippen molar-refractivity contribution >= 4 is 0 Å². The second-order valence-corrected chi connectivity index (χ2v) is 3.95. The van der Waals surface area contributed by atoms with Crippen LogP contribution in [0, 0.1) is 0 Å². The van der Waals surface area contributed by atoms with E-state index in [9.17, 15) is 0 Å². The zero-order valence-electron chi connectivity index (χ0n) is 8.42. The molecule has 0 aliphatic carbocycles. The van der Waals surface area contributed by atoms with Crippen LogP contribution >= 0.6 is 0 Å². The van der Waals surface area contributed by atoms with E-state index in [4.69, 9.17) is 5.73 Å². The summed E-state index contributed by atoms with van der Waals surface area (Å²) in [6, 6.07) is 1.28. The molecule has 1 aliphatic rings. The van der Waals surface area contributed by atoms with Crippen LogP contribution in [0.15, 0.2) is 0 Å². The highest BCUT2D eigenvalue weighted by molar-refractivity contribution is 4.87. The van der Waals surface area contributed by atoms with E-state index in [0.29, 0.717) is 6.04 Å². The molecule has 0 aromatic rings. The maximum absolute atomic E-state index is 5.76. The Balaban J connectivity index is 2.22. The summed E-state index contributed by atoms with van der Waals surface area (Å²) < 4.78 is 0. The maximum Gasteiger partial charge on any atom is 0.0297 e. The van der Waals surface area contributed by atoms with Crippen molar-refractivity contribution in [3.8, 4) is 0 Å². The Labute approximate surface area is 76.1 Å². The van der Waals surface area contributed by atoms with Gasteiger partial charge in [-0.2, -0.15) is 0 Å². The van der Waals surface area contributed by atoms with Gasteiger partial charge in [-0.05, 0) is 12.8 Å². The molecule has 2 N–H and O–H groups in total. The quantitative estimate of drug-likeness (QED) is 0.679. The van der Waals surface area contributed by atoms with Crippen LogP contribution in [0.3, 0.4) is 0 Å². The number of hydrogen-bond donors (Lipinski definition) is 1. The topological polar surface area (TPSA) is 29.3 Å². The molecule has 1 fully saturated rings. The Hall–Kier alpha value is -0.0800. The molecule has 0 saturated carbocycles. The third kappa shape index (κ3) is 2.46. The second-order valence-electron chi connectivity index (χ2n) is 3.95. The number of nitrogens with two attached hydrogens (primary N) is 1. The number of hydrogen-bond acceptors (Lipinski definition) is 2. The van der Waals surface area contributed by atoms with Gasteiger partial charge in [-0.15, -0.1) is 0 Å². The molecule has 0 spiro atoms. The monoisotopic (exact) mass is 170 g/mol. The summed E-state index contributed by atoms with van der Waals surface area (Å²) in [7, 11) is 0. The van der Waals surface area contributed by atoms with Crippen LogP contribution < -0.4 is 5.73 Å². The Bertz CT molecular complexity index is 113. The SMILES string of the molecule is CCCC(CCC)N1CC(N)C1. The van der Waals surface area contributed by atoms with Crippen molar-refractivity contribution in [2.75, 3.05) is 13.1 Å². The van der Waals surface area contributed by atoms with Gasteiger partial charge in [-0.1, -0.05) is 26.7 Å². The van der Waals surface area contributed by atoms with Crippen molar-refractivity contribution in [2.45, 2.75) is 51.6 Å². The minimum atomic E-state index is 0.459. The fourth-order valence-corrected chi connectivity index (χ4v) is 2.02. The van der Waals surface area contributed by atoms with E-state index in [1.165, 1.54) is 25.7 Å². The summed E-state index contributed by atoms with van der Waals surface area (Å²) in [5, 5.41) is 0. The summed E-state index contributed by atoms with van der Waals surface area (Å²) in [6.07, 6.45) is 5.30. The first-order valence-electron chi connectivity index (χ1n) is 5.27. The standard InChI is InChI=1S/C10H22N2/c1-3-5-10(6-4-2)12-7-9(11)8-12/h9-10H,3-8,11H2,1-2H3. The Morgan fingerprint density at radius 3 is 2.08 bits per heavy atom. The lowest BCUT2D eigenvalue weighted by Gasteiger charge is -2.42. The molecule has 0 radical (unpaired) electrons. The van der Waals surface area contributed by atoms with Crippen molar-refractivity contribution in [1.29, 1.82) is 0 Å². The maximum atomic E-state index is 5.76. The van der Waals surface area contributed by atoms with Gasteiger partial charge in [-0.25, -0.2) is 0 Å². The molecule has 72 valence electrons. The van der Waals surface area contributed by atoms with Gasteiger partial charge in [0.25, 0.3) is 0 Å². The summed E-state index contributed by atoms with van der Waals surface area (Å²) >= 11 is 0. The van der Waals surface area contributed by atoms with Crippen molar-refractivity contribution in [2.24, 2.45) is 5.73 Å². The number of nitrogens with zero attached hydrogens (tertiary/aromatic N) is 1.